The molecule has 5 rings (SSSR count). The van der Waals surface area contributed by atoms with Gasteiger partial charge in [-0.05, 0) is 43.5 Å². The van der Waals surface area contributed by atoms with E-state index in [9.17, 15) is 0 Å². The summed E-state index contributed by atoms with van der Waals surface area (Å²) in [6.07, 6.45) is 1.72. The minimum atomic E-state index is 0.472. The fourth-order valence-corrected chi connectivity index (χ4v) is 4.28. The van der Waals surface area contributed by atoms with E-state index < -0.39 is 0 Å². The van der Waals surface area contributed by atoms with Gasteiger partial charge in [0.05, 0.1) is 17.8 Å². The van der Waals surface area contributed by atoms with Gasteiger partial charge in [-0.3, -0.25) is 4.57 Å². The Morgan fingerprint density at radius 3 is 2.48 bits per heavy atom. The average molecular weight is 438 g/mol. The molecule has 2 heterocycles. The van der Waals surface area contributed by atoms with E-state index in [1.807, 2.05) is 18.2 Å². The molecule has 0 aliphatic rings. The standard InChI is InChI=1S/C28H27N3O2/c1-20-19-22-11-6-7-13-25(22)31(20)28-29-24(16-15-21-9-4-3-5-10-21)23-12-8-14-26(27(23)30-28)33-18-17-32-2/h3-14,19H,15-18H2,1-2H3. The number of hydrogen-bond acceptors (Lipinski definition) is 4. The highest BCUT2D eigenvalue weighted by Gasteiger charge is 2.16. The molecule has 0 aliphatic carbocycles. The first-order chi connectivity index (χ1) is 16.2. The lowest BCUT2D eigenvalue weighted by atomic mass is 10.0. The van der Waals surface area contributed by atoms with Gasteiger partial charge in [0.15, 0.2) is 0 Å². The van der Waals surface area contributed by atoms with Crippen LogP contribution in [0.25, 0.3) is 27.8 Å². The summed E-state index contributed by atoms with van der Waals surface area (Å²) in [7, 11) is 1.67. The summed E-state index contributed by atoms with van der Waals surface area (Å²) in [5, 5.41) is 2.20. The Hall–Kier alpha value is -3.70. The molecule has 0 fully saturated rings. The molecule has 5 heteroatoms. The monoisotopic (exact) mass is 437 g/mol. The van der Waals surface area contributed by atoms with Gasteiger partial charge in [0.2, 0.25) is 5.95 Å². The molecular formula is C28H27N3O2. The number of nitrogens with zero attached hydrogens (tertiary/aromatic N) is 3. The smallest absolute Gasteiger partial charge is 0.235 e. The van der Waals surface area contributed by atoms with Gasteiger partial charge in [-0.15, -0.1) is 0 Å². The van der Waals surface area contributed by atoms with E-state index in [1.54, 1.807) is 7.11 Å². The zero-order chi connectivity index (χ0) is 22.6. The lowest BCUT2D eigenvalue weighted by Crippen LogP contribution is -2.09. The van der Waals surface area contributed by atoms with Crippen LogP contribution in [0.5, 0.6) is 5.75 Å². The fraction of sp³-hybridized carbons (Fsp3) is 0.214. The maximum absolute atomic E-state index is 6.04. The first-order valence-corrected chi connectivity index (χ1v) is 11.3. The van der Waals surface area contributed by atoms with Crippen LogP contribution < -0.4 is 4.74 Å². The van der Waals surface area contributed by atoms with Crippen LogP contribution >= 0.6 is 0 Å². The zero-order valence-corrected chi connectivity index (χ0v) is 19.0. The highest BCUT2D eigenvalue weighted by molar-refractivity contribution is 5.88. The second-order valence-corrected chi connectivity index (χ2v) is 8.13. The third kappa shape index (κ3) is 4.32. The quantitative estimate of drug-likeness (QED) is 0.293. The van der Waals surface area contributed by atoms with Gasteiger partial charge in [-0.2, -0.15) is 0 Å². The Morgan fingerprint density at radius 2 is 1.64 bits per heavy atom. The molecule has 166 valence electrons. The first-order valence-electron chi connectivity index (χ1n) is 11.3. The van der Waals surface area contributed by atoms with Gasteiger partial charge in [0.1, 0.15) is 17.9 Å². The Labute approximate surface area is 193 Å². The van der Waals surface area contributed by atoms with Gasteiger partial charge in [-0.25, -0.2) is 9.97 Å². The van der Waals surface area contributed by atoms with E-state index >= 15 is 0 Å². The molecule has 0 radical (unpaired) electrons. The second-order valence-electron chi connectivity index (χ2n) is 8.13. The van der Waals surface area contributed by atoms with Gasteiger partial charge in [0, 0.05) is 23.6 Å². The molecule has 0 unspecified atom stereocenters. The predicted octanol–water partition coefficient (Wildman–Crippen LogP) is 5.69. The Kier molecular flexibility index (Phi) is 6.05. The highest BCUT2D eigenvalue weighted by atomic mass is 16.5. The molecule has 0 amide bonds. The summed E-state index contributed by atoms with van der Waals surface area (Å²) in [6.45, 7) is 3.09. The van der Waals surface area contributed by atoms with Crippen molar-refractivity contribution in [2.45, 2.75) is 19.8 Å². The number of ether oxygens (including phenoxy) is 2. The highest BCUT2D eigenvalue weighted by Crippen LogP contribution is 2.29. The fourth-order valence-electron chi connectivity index (χ4n) is 4.28. The molecule has 3 aromatic carbocycles. The molecule has 0 atom stereocenters. The molecule has 0 bridgehead atoms. The summed E-state index contributed by atoms with van der Waals surface area (Å²) in [5.41, 5.74) is 5.34. The number of para-hydroxylation sites is 2. The third-order valence-electron chi connectivity index (χ3n) is 5.89. The summed E-state index contributed by atoms with van der Waals surface area (Å²) < 4.78 is 13.3. The minimum absolute atomic E-state index is 0.472. The third-order valence-corrected chi connectivity index (χ3v) is 5.89. The van der Waals surface area contributed by atoms with Crippen LogP contribution in [0.4, 0.5) is 0 Å². The molecule has 0 spiro atoms. The number of hydrogen-bond donors (Lipinski definition) is 0. The van der Waals surface area contributed by atoms with Crippen LogP contribution in [-0.2, 0) is 17.6 Å². The molecule has 0 saturated heterocycles. The topological polar surface area (TPSA) is 49.2 Å². The van der Waals surface area contributed by atoms with Crippen molar-refractivity contribution in [2.75, 3.05) is 20.3 Å². The van der Waals surface area contributed by atoms with Crippen molar-refractivity contribution < 1.29 is 9.47 Å². The van der Waals surface area contributed by atoms with Crippen LogP contribution in [-0.4, -0.2) is 34.9 Å². The summed E-state index contributed by atoms with van der Waals surface area (Å²) in [4.78, 5) is 10.1. The molecule has 5 nitrogen and oxygen atoms in total. The van der Waals surface area contributed by atoms with Crippen molar-refractivity contribution >= 4 is 21.8 Å². The molecule has 0 N–H and O–H groups in total. The van der Waals surface area contributed by atoms with Crippen LogP contribution in [0, 0.1) is 6.92 Å². The Bertz CT molecular complexity index is 1390. The number of aryl methyl sites for hydroxylation is 3. The van der Waals surface area contributed by atoms with E-state index in [4.69, 9.17) is 19.4 Å². The number of aromatic nitrogens is 3. The van der Waals surface area contributed by atoms with E-state index in [1.165, 1.54) is 10.9 Å². The van der Waals surface area contributed by atoms with Crippen LogP contribution in [0.3, 0.4) is 0 Å². The lowest BCUT2D eigenvalue weighted by molar-refractivity contribution is 0.147. The van der Waals surface area contributed by atoms with Crippen LogP contribution in [0.15, 0.2) is 78.9 Å². The van der Waals surface area contributed by atoms with Crippen molar-refractivity contribution in [3.05, 3.63) is 95.8 Å². The zero-order valence-electron chi connectivity index (χ0n) is 19.0. The van der Waals surface area contributed by atoms with Crippen molar-refractivity contribution in [1.29, 1.82) is 0 Å². The van der Waals surface area contributed by atoms with Crippen molar-refractivity contribution in [3.63, 3.8) is 0 Å². The summed E-state index contributed by atoms with van der Waals surface area (Å²) in [6, 6.07) is 27.1. The maximum Gasteiger partial charge on any atom is 0.235 e. The molecular weight excluding hydrogens is 410 g/mol. The maximum atomic E-state index is 6.04. The number of benzene rings is 3. The van der Waals surface area contributed by atoms with E-state index in [0.29, 0.717) is 19.2 Å². The van der Waals surface area contributed by atoms with E-state index in [2.05, 4.69) is 72.2 Å². The van der Waals surface area contributed by atoms with Gasteiger partial charge in [-0.1, -0.05) is 60.7 Å². The molecule has 0 saturated carbocycles. The van der Waals surface area contributed by atoms with Gasteiger partial charge < -0.3 is 9.47 Å². The molecule has 0 aliphatic heterocycles. The Balaban J connectivity index is 1.65. The van der Waals surface area contributed by atoms with E-state index in [-0.39, 0.29) is 0 Å². The minimum Gasteiger partial charge on any atom is -0.489 e. The van der Waals surface area contributed by atoms with Gasteiger partial charge in [0.25, 0.3) is 0 Å². The SMILES string of the molecule is COCCOc1cccc2c(CCc3ccccc3)nc(-n3c(C)cc4ccccc43)nc12. The molecule has 2 aromatic heterocycles. The normalized spacial score (nSPS) is 11.3. The summed E-state index contributed by atoms with van der Waals surface area (Å²) in [5.74, 6) is 1.43. The van der Waals surface area contributed by atoms with Crippen LogP contribution in [0.2, 0.25) is 0 Å². The predicted molar refractivity (Wildman–Crippen MR) is 132 cm³/mol. The second kappa shape index (κ2) is 9.43. The number of methoxy groups -OCH3 is 1. The Morgan fingerprint density at radius 1 is 0.818 bits per heavy atom. The number of fused-ring (bicyclic) bond motifs is 2. The average Bonchev–Trinajstić information content (AvgIpc) is 3.19. The van der Waals surface area contributed by atoms with Crippen molar-refractivity contribution in [3.8, 4) is 11.7 Å². The number of rotatable bonds is 8. The first kappa shape index (κ1) is 21.2. The lowest BCUT2D eigenvalue weighted by Gasteiger charge is -2.14. The summed E-state index contributed by atoms with van der Waals surface area (Å²) >= 11 is 0. The molecule has 33 heavy (non-hydrogen) atoms. The van der Waals surface area contributed by atoms with Gasteiger partial charge >= 0.3 is 0 Å². The van der Waals surface area contributed by atoms with E-state index in [0.717, 1.165) is 46.4 Å². The molecule has 5 aromatic rings. The van der Waals surface area contributed by atoms with Crippen molar-refractivity contribution in [2.24, 2.45) is 0 Å². The largest absolute Gasteiger partial charge is 0.489 e. The van der Waals surface area contributed by atoms with Crippen LogP contribution in [0.1, 0.15) is 17.0 Å². The van der Waals surface area contributed by atoms with Crippen molar-refractivity contribution in [1.82, 2.24) is 14.5 Å².